The van der Waals surface area contributed by atoms with Crippen LogP contribution in [0.1, 0.15) is 5.76 Å². The molecule has 2 aromatic rings. The van der Waals surface area contributed by atoms with Crippen LogP contribution < -0.4 is 0 Å². The van der Waals surface area contributed by atoms with Gasteiger partial charge in [-0.1, -0.05) is 31.9 Å². The number of benzene rings is 1. The first-order valence-electron chi connectivity index (χ1n) is 4.06. The van der Waals surface area contributed by atoms with Crippen molar-refractivity contribution < 1.29 is 4.42 Å². The van der Waals surface area contributed by atoms with E-state index in [1.54, 1.807) is 6.20 Å². The quantitative estimate of drug-likeness (QED) is 0.783. The van der Waals surface area contributed by atoms with E-state index in [0.29, 0.717) is 11.2 Å². The summed E-state index contributed by atoms with van der Waals surface area (Å²) in [6.45, 7) is 0. The molecule has 0 aliphatic rings. The first-order chi connectivity index (χ1) is 6.79. The van der Waals surface area contributed by atoms with Gasteiger partial charge in [0.2, 0.25) is 5.89 Å². The number of hydrogen-bond donors (Lipinski definition) is 0. The van der Waals surface area contributed by atoms with Crippen molar-refractivity contribution in [3.63, 3.8) is 0 Å². The smallest absolute Gasteiger partial charge is 0.226 e. The molecular weight excluding hydrogens is 310 g/mol. The third-order valence-electron chi connectivity index (χ3n) is 1.78. The largest absolute Gasteiger partial charge is 0.440 e. The minimum Gasteiger partial charge on any atom is -0.440 e. The minimum absolute atomic E-state index is 0.659. The van der Waals surface area contributed by atoms with E-state index in [0.717, 1.165) is 15.8 Å². The van der Waals surface area contributed by atoms with Crippen LogP contribution in [-0.4, -0.2) is 4.98 Å². The molecule has 0 saturated heterocycles. The van der Waals surface area contributed by atoms with E-state index < -0.39 is 0 Å². The van der Waals surface area contributed by atoms with Gasteiger partial charge in [-0.25, -0.2) is 4.98 Å². The molecule has 0 atom stereocenters. The van der Waals surface area contributed by atoms with E-state index in [9.17, 15) is 0 Å². The van der Waals surface area contributed by atoms with Crippen molar-refractivity contribution in [2.24, 2.45) is 0 Å². The van der Waals surface area contributed by atoms with Crippen LogP contribution in [0.15, 0.2) is 39.4 Å². The Morgan fingerprint density at radius 2 is 1.93 bits per heavy atom. The van der Waals surface area contributed by atoms with Crippen LogP contribution in [0, 0.1) is 0 Å². The van der Waals surface area contributed by atoms with Crippen LogP contribution in [-0.2, 0) is 5.33 Å². The fourth-order valence-corrected chi connectivity index (χ4v) is 1.62. The summed E-state index contributed by atoms with van der Waals surface area (Å²) in [6, 6.07) is 7.86. The Bertz CT molecular complexity index is 422. The van der Waals surface area contributed by atoms with E-state index in [-0.39, 0.29) is 0 Å². The molecule has 0 fully saturated rings. The standard InChI is InChI=1S/C10H7Br2NO/c11-5-9-6-13-10(14-9)7-1-3-8(12)4-2-7/h1-4,6H,5H2. The average Bonchev–Trinajstić information content (AvgIpc) is 2.67. The summed E-state index contributed by atoms with van der Waals surface area (Å²) in [4.78, 5) is 4.17. The number of rotatable bonds is 2. The molecule has 0 aliphatic carbocycles. The third-order valence-corrected chi connectivity index (χ3v) is 2.86. The summed E-state index contributed by atoms with van der Waals surface area (Å²) in [7, 11) is 0. The molecule has 0 spiro atoms. The van der Waals surface area contributed by atoms with Crippen LogP contribution in [0.2, 0.25) is 0 Å². The summed E-state index contributed by atoms with van der Waals surface area (Å²) >= 11 is 6.69. The molecule has 1 heterocycles. The molecule has 14 heavy (non-hydrogen) atoms. The Hall–Kier alpha value is -0.610. The van der Waals surface area contributed by atoms with Crippen molar-refractivity contribution >= 4 is 31.9 Å². The maximum Gasteiger partial charge on any atom is 0.226 e. The fraction of sp³-hybridized carbons (Fsp3) is 0.100. The maximum atomic E-state index is 5.49. The molecule has 0 radical (unpaired) electrons. The summed E-state index contributed by atoms with van der Waals surface area (Å²) < 4.78 is 6.53. The number of halogens is 2. The first kappa shape index (κ1) is 9.93. The van der Waals surface area contributed by atoms with Crippen molar-refractivity contribution in [3.8, 4) is 11.5 Å². The zero-order valence-electron chi connectivity index (χ0n) is 7.21. The number of nitrogens with zero attached hydrogens (tertiary/aromatic N) is 1. The van der Waals surface area contributed by atoms with Crippen molar-refractivity contribution in [1.29, 1.82) is 0 Å². The number of hydrogen-bond acceptors (Lipinski definition) is 2. The van der Waals surface area contributed by atoms with Crippen LogP contribution >= 0.6 is 31.9 Å². The molecule has 0 N–H and O–H groups in total. The third kappa shape index (κ3) is 2.07. The van der Waals surface area contributed by atoms with Crippen molar-refractivity contribution in [2.45, 2.75) is 5.33 Å². The summed E-state index contributed by atoms with van der Waals surface area (Å²) in [5.41, 5.74) is 0.986. The van der Waals surface area contributed by atoms with Gasteiger partial charge in [0.05, 0.1) is 11.5 Å². The van der Waals surface area contributed by atoms with Crippen LogP contribution in [0.3, 0.4) is 0 Å². The topological polar surface area (TPSA) is 26.0 Å². The Morgan fingerprint density at radius 3 is 2.50 bits per heavy atom. The van der Waals surface area contributed by atoms with Gasteiger partial charge in [-0.05, 0) is 24.3 Å². The highest BCUT2D eigenvalue weighted by molar-refractivity contribution is 9.10. The second-order valence-electron chi connectivity index (χ2n) is 2.77. The molecule has 1 aromatic carbocycles. The molecule has 0 amide bonds. The molecule has 72 valence electrons. The second-order valence-corrected chi connectivity index (χ2v) is 4.25. The van der Waals surface area contributed by atoms with E-state index >= 15 is 0 Å². The lowest BCUT2D eigenvalue weighted by atomic mass is 10.2. The predicted octanol–water partition coefficient (Wildman–Crippen LogP) is 4.00. The summed E-state index contributed by atoms with van der Waals surface area (Å²) in [5.74, 6) is 1.50. The van der Waals surface area contributed by atoms with Gasteiger partial charge in [-0.2, -0.15) is 0 Å². The van der Waals surface area contributed by atoms with Crippen molar-refractivity contribution in [3.05, 3.63) is 40.7 Å². The van der Waals surface area contributed by atoms with E-state index in [1.165, 1.54) is 0 Å². The molecule has 0 bridgehead atoms. The van der Waals surface area contributed by atoms with Gasteiger partial charge in [-0.15, -0.1) is 0 Å². The lowest BCUT2D eigenvalue weighted by Crippen LogP contribution is -1.75. The van der Waals surface area contributed by atoms with Gasteiger partial charge in [-0.3, -0.25) is 0 Å². The predicted molar refractivity (Wildman–Crippen MR) is 62.3 cm³/mol. The monoisotopic (exact) mass is 315 g/mol. The average molecular weight is 317 g/mol. The van der Waals surface area contributed by atoms with E-state index in [2.05, 4.69) is 36.8 Å². The number of oxazole rings is 1. The molecule has 1 aromatic heterocycles. The lowest BCUT2D eigenvalue weighted by molar-refractivity contribution is 0.540. The molecule has 0 saturated carbocycles. The number of aromatic nitrogens is 1. The van der Waals surface area contributed by atoms with Gasteiger partial charge >= 0.3 is 0 Å². The minimum atomic E-state index is 0.659. The maximum absolute atomic E-state index is 5.49. The molecule has 2 nitrogen and oxygen atoms in total. The zero-order chi connectivity index (χ0) is 9.97. The fourth-order valence-electron chi connectivity index (χ4n) is 1.10. The van der Waals surface area contributed by atoms with Crippen LogP contribution in [0.4, 0.5) is 0 Å². The van der Waals surface area contributed by atoms with Gasteiger partial charge in [0.15, 0.2) is 0 Å². The van der Waals surface area contributed by atoms with E-state index in [1.807, 2.05) is 24.3 Å². The van der Waals surface area contributed by atoms with Crippen LogP contribution in [0.5, 0.6) is 0 Å². The Morgan fingerprint density at radius 1 is 1.21 bits per heavy atom. The van der Waals surface area contributed by atoms with Crippen LogP contribution in [0.25, 0.3) is 11.5 Å². The van der Waals surface area contributed by atoms with Crippen molar-refractivity contribution in [2.75, 3.05) is 0 Å². The SMILES string of the molecule is BrCc1cnc(-c2ccc(Br)cc2)o1. The second kappa shape index (κ2) is 4.28. The van der Waals surface area contributed by atoms with Gasteiger partial charge in [0, 0.05) is 10.0 Å². The van der Waals surface area contributed by atoms with Crippen molar-refractivity contribution in [1.82, 2.24) is 4.98 Å². The lowest BCUT2D eigenvalue weighted by Gasteiger charge is -1.94. The highest BCUT2D eigenvalue weighted by Gasteiger charge is 2.04. The Balaban J connectivity index is 2.34. The highest BCUT2D eigenvalue weighted by atomic mass is 79.9. The molecule has 2 rings (SSSR count). The summed E-state index contributed by atoms with van der Waals surface area (Å²) in [5, 5.41) is 0.691. The first-order valence-corrected chi connectivity index (χ1v) is 5.97. The molecule has 4 heteroatoms. The Kier molecular flexibility index (Phi) is 3.03. The number of alkyl halides is 1. The van der Waals surface area contributed by atoms with Gasteiger partial charge in [0.1, 0.15) is 5.76 Å². The normalized spacial score (nSPS) is 10.4. The Labute approximate surface area is 98.6 Å². The van der Waals surface area contributed by atoms with E-state index in [4.69, 9.17) is 4.42 Å². The molecule has 0 unspecified atom stereocenters. The zero-order valence-corrected chi connectivity index (χ0v) is 10.4. The highest BCUT2D eigenvalue weighted by Crippen LogP contribution is 2.22. The molecular formula is C10H7Br2NO. The summed E-state index contributed by atoms with van der Waals surface area (Å²) in [6.07, 6.45) is 1.73. The van der Waals surface area contributed by atoms with Gasteiger partial charge in [0.25, 0.3) is 0 Å². The van der Waals surface area contributed by atoms with Gasteiger partial charge < -0.3 is 4.42 Å². The molecule has 0 aliphatic heterocycles.